The predicted octanol–water partition coefficient (Wildman–Crippen LogP) is 1.78. The molecule has 1 aliphatic heterocycles. The van der Waals surface area contributed by atoms with E-state index in [1.54, 1.807) is 0 Å². The average molecular weight is 313 g/mol. The molecule has 23 heavy (non-hydrogen) atoms. The zero-order valence-corrected chi connectivity index (χ0v) is 12.8. The van der Waals surface area contributed by atoms with Crippen LogP contribution in [0.1, 0.15) is 41.7 Å². The molecular weight excluding hydrogens is 294 g/mol. The van der Waals surface area contributed by atoms with Gasteiger partial charge in [-0.2, -0.15) is 5.10 Å². The molecule has 1 aromatic carbocycles. The van der Waals surface area contributed by atoms with E-state index in [4.69, 9.17) is 0 Å². The lowest BCUT2D eigenvalue weighted by atomic mass is 10.1. The molecule has 6 nitrogen and oxygen atoms in total. The number of carbonyl (C=O) groups is 1. The minimum absolute atomic E-state index is 0.285. The highest BCUT2D eigenvalue weighted by atomic mass is 16.3. The first-order valence-corrected chi connectivity index (χ1v) is 7.85. The summed E-state index contributed by atoms with van der Waals surface area (Å²) >= 11 is 0. The molecule has 2 N–H and O–H groups in total. The van der Waals surface area contributed by atoms with Crippen LogP contribution in [0.25, 0.3) is 5.69 Å². The third-order valence-corrected chi connectivity index (χ3v) is 3.97. The van der Waals surface area contributed by atoms with Gasteiger partial charge in [0.25, 0.3) is 11.3 Å². The van der Waals surface area contributed by atoms with E-state index in [2.05, 4.69) is 10.4 Å². The number of aryl methyl sites for hydroxylation is 1. The molecule has 2 heterocycles. The Bertz CT molecular complexity index is 783. The third-order valence-electron chi connectivity index (χ3n) is 3.97. The van der Waals surface area contributed by atoms with Crippen LogP contribution in [0.4, 0.5) is 0 Å². The Labute approximate surface area is 133 Å². The highest BCUT2D eigenvalue weighted by molar-refractivity contribution is 5.92. The summed E-state index contributed by atoms with van der Waals surface area (Å²) in [5.41, 5.74) is 0.851. The molecule has 1 aromatic heterocycles. The van der Waals surface area contributed by atoms with E-state index in [-0.39, 0.29) is 5.69 Å². The second-order valence-electron chi connectivity index (χ2n) is 5.73. The van der Waals surface area contributed by atoms with E-state index in [1.165, 1.54) is 16.4 Å². The fourth-order valence-corrected chi connectivity index (χ4v) is 2.71. The van der Waals surface area contributed by atoms with Crippen molar-refractivity contribution in [2.75, 3.05) is 6.54 Å². The summed E-state index contributed by atoms with van der Waals surface area (Å²) in [4.78, 5) is 24.1. The number of benzene rings is 1. The van der Waals surface area contributed by atoms with Crippen LogP contribution in [0.15, 0.2) is 35.3 Å². The Morgan fingerprint density at radius 1 is 1.13 bits per heavy atom. The highest BCUT2D eigenvalue weighted by Gasteiger charge is 2.17. The van der Waals surface area contributed by atoms with Gasteiger partial charge in [0.2, 0.25) is 0 Å². The van der Waals surface area contributed by atoms with E-state index in [0.717, 1.165) is 32.1 Å². The normalized spacial score (nSPS) is 15.6. The molecule has 120 valence electrons. The van der Waals surface area contributed by atoms with Gasteiger partial charge >= 0.3 is 0 Å². The Hall–Kier alpha value is -2.63. The van der Waals surface area contributed by atoms with Crippen LogP contribution in [-0.4, -0.2) is 27.3 Å². The summed E-state index contributed by atoms with van der Waals surface area (Å²) in [7, 11) is 0. The average Bonchev–Trinajstić information content (AvgIpc) is 2.55. The zero-order chi connectivity index (χ0) is 16.2. The van der Waals surface area contributed by atoms with Gasteiger partial charge in [0.05, 0.1) is 11.9 Å². The van der Waals surface area contributed by atoms with Crippen molar-refractivity contribution in [1.82, 2.24) is 15.1 Å². The van der Waals surface area contributed by atoms with Crippen LogP contribution < -0.4 is 10.7 Å². The molecule has 3 rings (SSSR count). The van der Waals surface area contributed by atoms with Gasteiger partial charge in [-0.3, -0.25) is 9.59 Å². The van der Waals surface area contributed by atoms with Gasteiger partial charge in [-0.25, -0.2) is 4.68 Å². The molecule has 0 saturated carbocycles. The molecule has 0 aliphatic carbocycles. The third kappa shape index (κ3) is 3.41. The molecule has 1 amide bonds. The van der Waals surface area contributed by atoms with Crippen LogP contribution in [0, 0.1) is 0 Å². The molecule has 4 bridgehead atoms. The molecular formula is C17H19N3O3. The summed E-state index contributed by atoms with van der Waals surface area (Å²) in [5.74, 6) is -1.03. The highest BCUT2D eigenvalue weighted by Crippen LogP contribution is 2.15. The number of aromatic hydroxyl groups is 1. The fraction of sp³-hybridized carbons (Fsp3) is 0.353. The first kappa shape index (κ1) is 15.3. The maximum Gasteiger partial charge on any atom is 0.275 e. The molecule has 2 aromatic rings. The van der Waals surface area contributed by atoms with Crippen molar-refractivity contribution in [2.24, 2.45) is 0 Å². The maximum atomic E-state index is 12.1. The summed E-state index contributed by atoms with van der Waals surface area (Å²) in [5, 5.41) is 16.6. The van der Waals surface area contributed by atoms with E-state index in [9.17, 15) is 14.7 Å². The number of nitrogens with one attached hydrogen (secondary N) is 1. The molecule has 0 atom stereocenters. The number of rotatable bonds is 0. The summed E-state index contributed by atoms with van der Waals surface area (Å²) in [6.45, 7) is 0.501. The van der Waals surface area contributed by atoms with E-state index in [1.807, 2.05) is 24.3 Å². The van der Waals surface area contributed by atoms with Gasteiger partial charge < -0.3 is 10.4 Å². The maximum absolute atomic E-state index is 12.1. The van der Waals surface area contributed by atoms with Gasteiger partial charge in [-0.1, -0.05) is 25.0 Å². The number of hydrogen-bond donors (Lipinski definition) is 2. The predicted molar refractivity (Wildman–Crippen MR) is 86.0 cm³/mol. The second kappa shape index (κ2) is 6.64. The summed E-state index contributed by atoms with van der Waals surface area (Å²) in [6.07, 6.45) is 6.29. The molecule has 0 unspecified atom stereocenters. The van der Waals surface area contributed by atoms with Crippen molar-refractivity contribution >= 4 is 5.91 Å². The monoisotopic (exact) mass is 313 g/mol. The Balaban J connectivity index is 2.09. The van der Waals surface area contributed by atoms with Gasteiger partial charge in [0.15, 0.2) is 11.4 Å². The molecule has 0 fully saturated rings. The quantitative estimate of drug-likeness (QED) is 0.776. The van der Waals surface area contributed by atoms with Crippen LogP contribution in [-0.2, 0) is 6.42 Å². The number of hydrogen-bond acceptors (Lipinski definition) is 4. The minimum atomic E-state index is -0.748. The SMILES string of the molecule is O=C1NCCCCCCc2cccc(c2)-n2cc(O)c(=O)c1n2. The van der Waals surface area contributed by atoms with Crippen LogP contribution in [0.2, 0.25) is 0 Å². The number of aromatic nitrogens is 2. The van der Waals surface area contributed by atoms with E-state index in [0.29, 0.717) is 12.2 Å². The topological polar surface area (TPSA) is 84.2 Å². The Kier molecular flexibility index (Phi) is 4.41. The van der Waals surface area contributed by atoms with E-state index < -0.39 is 17.1 Å². The summed E-state index contributed by atoms with van der Waals surface area (Å²) in [6, 6.07) is 7.75. The minimum Gasteiger partial charge on any atom is -0.503 e. The van der Waals surface area contributed by atoms with Gasteiger partial charge in [0, 0.05) is 6.54 Å². The Morgan fingerprint density at radius 2 is 1.96 bits per heavy atom. The van der Waals surface area contributed by atoms with Crippen LogP contribution >= 0.6 is 0 Å². The molecule has 6 heteroatoms. The molecule has 1 aliphatic rings. The number of nitrogens with zero attached hydrogens (tertiary/aromatic N) is 2. The van der Waals surface area contributed by atoms with Crippen molar-refractivity contribution in [3.63, 3.8) is 0 Å². The van der Waals surface area contributed by atoms with E-state index >= 15 is 0 Å². The van der Waals surface area contributed by atoms with Crippen molar-refractivity contribution in [3.05, 3.63) is 51.9 Å². The van der Waals surface area contributed by atoms with Crippen molar-refractivity contribution in [1.29, 1.82) is 0 Å². The standard InChI is InChI=1S/C17H19N3O3/c21-14-11-20-13-8-5-7-12(10-13)6-3-1-2-4-9-18-17(23)15(19-20)16(14)22/h5,7-8,10-11,21H,1-4,6,9H2,(H,18,23). The Morgan fingerprint density at radius 3 is 2.83 bits per heavy atom. The summed E-state index contributed by atoms with van der Waals surface area (Å²) < 4.78 is 1.38. The second-order valence-corrected chi connectivity index (χ2v) is 5.73. The fourth-order valence-electron chi connectivity index (χ4n) is 2.71. The zero-order valence-electron chi connectivity index (χ0n) is 12.8. The number of carbonyl (C=O) groups excluding carboxylic acids is 1. The number of fused-ring (bicyclic) bond motifs is 5. The molecule has 0 saturated heterocycles. The lowest BCUT2D eigenvalue weighted by molar-refractivity contribution is 0.0944. The van der Waals surface area contributed by atoms with Crippen molar-refractivity contribution in [3.8, 4) is 11.4 Å². The first-order chi connectivity index (χ1) is 11.1. The lowest BCUT2D eigenvalue weighted by Crippen LogP contribution is -2.32. The van der Waals surface area contributed by atoms with Crippen molar-refractivity contribution < 1.29 is 9.90 Å². The van der Waals surface area contributed by atoms with Crippen LogP contribution in [0.3, 0.4) is 0 Å². The van der Waals surface area contributed by atoms with Gasteiger partial charge in [-0.05, 0) is 37.0 Å². The largest absolute Gasteiger partial charge is 0.503 e. The lowest BCUT2D eigenvalue weighted by Gasteiger charge is -2.11. The van der Waals surface area contributed by atoms with Gasteiger partial charge in [-0.15, -0.1) is 0 Å². The smallest absolute Gasteiger partial charge is 0.275 e. The van der Waals surface area contributed by atoms with Gasteiger partial charge in [0.1, 0.15) is 0 Å². The molecule has 0 spiro atoms. The van der Waals surface area contributed by atoms with Crippen LogP contribution in [0.5, 0.6) is 5.75 Å². The van der Waals surface area contributed by atoms with Crippen molar-refractivity contribution in [2.45, 2.75) is 32.1 Å². The number of amides is 1. The molecule has 0 radical (unpaired) electrons. The first-order valence-electron chi connectivity index (χ1n) is 7.85.